The van der Waals surface area contributed by atoms with E-state index in [0.717, 1.165) is 19.3 Å². The number of benzene rings is 1. The molecule has 3 rings (SSSR count). The molecule has 0 bridgehead atoms. The summed E-state index contributed by atoms with van der Waals surface area (Å²) in [5.41, 5.74) is 3.85. The van der Waals surface area contributed by atoms with E-state index in [1.54, 1.807) is 14.2 Å². The first kappa shape index (κ1) is 17.4. The van der Waals surface area contributed by atoms with Crippen molar-refractivity contribution in [3.63, 3.8) is 0 Å². The summed E-state index contributed by atoms with van der Waals surface area (Å²) in [5, 5.41) is 0. The van der Waals surface area contributed by atoms with Gasteiger partial charge in [-0.1, -0.05) is 42.5 Å². The maximum Gasteiger partial charge on any atom is 0.0822 e. The van der Waals surface area contributed by atoms with Crippen LogP contribution in [0.2, 0.25) is 0 Å². The van der Waals surface area contributed by atoms with Gasteiger partial charge in [0.15, 0.2) is 0 Å². The van der Waals surface area contributed by atoms with Crippen molar-refractivity contribution in [1.29, 1.82) is 0 Å². The van der Waals surface area contributed by atoms with Crippen LogP contribution in [-0.2, 0) is 20.8 Å². The van der Waals surface area contributed by atoms with Crippen LogP contribution in [-0.4, -0.2) is 32.5 Å². The fourth-order valence-corrected chi connectivity index (χ4v) is 3.74. The van der Waals surface area contributed by atoms with Gasteiger partial charge in [-0.15, -0.1) is 0 Å². The van der Waals surface area contributed by atoms with Gasteiger partial charge < -0.3 is 14.2 Å². The van der Waals surface area contributed by atoms with E-state index in [9.17, 15) is 0 Å². The second-order valence-corrected chi connectivity index (χ2v) is 6.71. The third-order valence-corrected chi connectivity index (χ3v) is 5.25. The average Bonchev–Trinajstić information content (AvgIpc) is 2.65. The second kappa shape index (κ2) is 8.11. The van der Waals surface area contributed by atoms with E-state index in [1.807, 2.05) is 6.07 Å². The lowest BCUT2D eigenvalue weighted by Crippen LogP contribution is -2.33. The minimum atomic E-state index is 0.177. The number of methoxy groups -OCH3 is 2. The summed E-state index contributed by atoms with van der Waals surface area (Å²) in [6, 6.07) is 10.4. The SMILES string of the molecule is COC1CCC(OC)C2=CC(C(C)OCc3ccccc3)CC=C21. The lowest BCUT2D eigenvalue weighted by atomic mass is 9.77. The first-order chi connectivity index (χ1) is 11.7. The third-order valence-electron chi connectivity index (χ3n) is 5.25. The molecule has 24 heavy (non-hydrogen) atoms. The molecule has 0 spiro atoms. The molecule has 3 nitrogen and oxygen atoms in total. The molecule has 4 atom stereocenters. The maximum absolute atomic E-state index is 6.12. The normalized spacial score (nSPS) is 27.9. The highest BCUT2D eigenvalue weighted by molar-refractivity contribution is 5.42. The van der Waals surface area contributed by atoms with Gasteiger partial charge in [-0.2, -0.15) is 0 Å². The van der Waals surface area contributed by atoms with Crippen LogP contribution >= 0.6 is 0 Å². The van der Waals surface area contributed by atoms with Gasteiger partial charge in [0.05, 0.1) is 24.9 Å². The number of hydrogen-bond acceptors (Lipinski definition) is 3. The van der Waals surface area contributed by atoms with E-state index in [1.165, 1.54) is 16.7 Å². The van der Waals surface area contributed by atoms with Crippen LogP contribution in [0.1, 0.15) is 31.7 Å². The molecule has 1 aromatic carbocycles. The predicted octanol–water partition coefficient (Wildman–Crippen LogP) is 4.29. The highest BCUT2D eigenvalue weighted by Crippen LogP contribution is 2.38. The fraction of sp³-hybridized carbons (Fsp3) is 0.524. The first-order valence-corrected chi connectivity index (χ1v) is 8.86. The Kier molecular flexibility index (Phi) is 5.88. The predicted molar refractivity (Wildman–Crippen MR) is 95.8 cm³/mol. The van der Waals surface area contributed by atoms with Crippen LogP contribution in [0.4, 0.5) is 0 Å². The van der Waals surface area contributed by atoms with Gasteiger partial charge in [-0.3, -0.25) is 0 Å². The summed E-state index contributed by atoms with van der Waals surface area (Å²) in [6.07, 6.45) is 8.33. The quantitative estimate of drug-likeness (QED) is 0.780. The summed E-state index contributed by atoms with van der Waals surface area (Å²) < 4.78 is 17.5. The lowest BCUT2D eigenvalue weighted by molar-refractivity contribution is 0.0233. The summed E-state index contributed by atoms with van der Waals surface area (Å²) >= 11 is 0. The molecule has 3 heteroatoms. The van der Waals surface area contributed by atoms with Crippen molar-refractivity contribution < 1.29 is 14.2 Å². The molecule has 1 aromatic rings. The van der Waals surface area contributed by atoms with E-state index in [2.05, 4.69) is 43.3 Å². The summed E-state index contributed by atoms with van der Waals surface area (Å²) in [4.78, 5) is 0. The summed E-state index contributed by atoms with van der Waals surface area (Å²) in [5.74, 6) is 0.390. The zero-order chi connectivity index (χ0) is 16.9. The molecule has 0 aliphatic heterocycles. The van der Waals surface area contributed by atoms with E-state index in [0.29, 0.717) is 12.5 Å². The zero-order valence-corrected chi connectivity index (χ0v) is 14.9. The first-order valence-electron chi connectivity index (χ1n) is 8.86. The van der Waals surface area contributed by atoms with Crippen molar-refractivity contribution in [3.8, 4) is 0 Å². The average molecular weight is 328 g/mol. The topological polar surface area (TPSA) is 27.7 Å². The Morgan fingerprint density at radius 2 is 1.67 bits per heavy atom. The van der Waals surface area contributed by atoms with Gasteiger partial charge in [0.25, 0.3) is 0 Å². The van der Waals surface area contributed by atoms with Crippen molar-refractivity contribution in [2.45, 2.75) is 51.1 Å². The lowest BCUT2D eigenvalue weighted by Gasteiger charge is -2.36. The molecule has 1 saturated carbocycles. The Balaban J connectivity index is 1.67. The van der Waals surface area contributed by atoms with Gasteiger partial charge >= 0.3 is 0 Å². The van der Waals surface area contributed by atoms with E-state index >= 15 is 0 Å². The minimum Gasteiger partial charge on any atom is -0.377 e. The molecule has 0 N–H and O–H groups in total. The Bertz CT molecular complexity index is 590. The molecule has 0 saturated heterocycles. The van der Waals surface area contributed by atoms with Crippen molar-refractivity contribution in [2.24, 2.45) is 5.92 Å². The number of ether oxygens (including phenoxy) is 3. The van der Waals surface area contributed by atoms with Crippen LogP contribution in [0.15, 0.2) is 53.6 Å². The van der Waals surface area contributed by atoms with E-state index in [-0.39, 0.29) is 18.3 Å². The Labute approximate surface area is 145 Å². The number of rotatable bonds is 6. The number of allylic oxidation sites excluding steroid dienone is 1. The maximum atomic E-state index is 6.12. The minimum absolute atomic E-state index is 0.177. The van der Waals surface area contributed by atoms with Crippen molar-refractivity contribution >= 4 is 0 Å². The van der Waals surface area contributed by atoms with Crippen molar-refractivity contribution in [1.82, 2.24) is 0 Å². The van der Waals surface area contributed by atoms with Gasteiger partial charge in [0.1, 0.15) is 0 Å². The standard InChI is InChI=1S/C21H28O3/c1-15(24-14-16-7-5-4-6-8-16)17-9-10-18-19(13-17)21(23-3)12-11-20(18)22-2/h4-8,10,13,15,17,20-21H,9,11-12,14H2,1-3H3. The monoisotopic (exact) mass is 328 g/mol. The van der Waals surface area contributed by atoms with Gasteiger partial charge in [0.2, 0.25) is 0 Å². The van der Waals surface area contributed by atoms with Crippen LogP contribution in [0, 0.1) is 5.92 Å². The molecule has 4 unspecified atom stereocenters. The Hall–Kier alpha value is -1.42. The molecular formula is C21H28O3. The molecule has 130 valence electrons. The van der Waals surface area contributed by atoms with E-state index < -0.39 is 0 Å². The molecule has 1 fully saturated rings. The molecule has 0 heterocycles. The van der Waals surface area contributed by atoms with Crippen LogP contribution < -0.4 is 0 Å². The second-order valence-electron chi connectivity index (χ2n) is 6.71. The van der Waals surface area contributed by atoms with Crippen LogP contribution in [0.3, 0.4) is 0 Å². The molecule has 0 radical (unpaired) electrons. The van der Waals surface area contributed by atoms with Gasteiger partial charge in [0, 0.05) is 20.1 Å². The molecule has 2 aliphatic rings. The molecule has 0 amide bonds. The molecule has 2 aliphatic carbocycles. The summed E-state index contributed by atoms with van der Waals surface area (Å²) in [6.45, 7) is 2.83. The third kappa shape index (κ3) is 3.80. The summed E-state index contributed by atoms with van der Waals surface area (Å²) in [7, 11) is 3.60. The highest BCUT2D eigenvalue weighted by atomic mass is 16.5. The number of hydrogen-bond donors (Lipinski definition) is 0. The van der Waals surface area contributed by atoms with Crippen LogP contribution in [0.5, 0.6) is 0 Å². The molecule has 0 aromatic heterocycles. The van der Waals surface area contributed by atoms with Crippen LogP contribution in [0.25, 0.3) is 0 Å². The smallest absolute Gasteiger partial charge is 0.0822 e. The van der Waals surface area contributed by atoms with Crippen molar-refractivity contribution in [2.75, 3.05) is 14.2 Å². The van der Waals surface area contributed by atoms with Gasteiger partial charge in [-0.25, -0.2) is 0 Å². The number of fused-ring (bicyclic) bond motifs is 1. The largest absolute Gasteiger partial charge is 0.377 e. The molecular weight excluding hydrogens is 300 g/mol. The zero-order valence-electron chi connectivity index (χ0n) is 14.9. The Morgan fingerprint density at radius 1 is 1.00 bits per heavy atom. The van der Waals surface area contributed by atoms with Crippen molar-refractivity contribution in [3.05, 3.63) is 59.2 Å². The van der Waals surface area contributed by atoms with E-state index in [4.69, 9.17) is 14.2 Å². The van der Waals surface area contributed by atoms with Gasteiger partial charge in [-0.05, 0) is 42.9 Å². The Morgan fingerprint density at radius 3 is 2.33 bits per heavy atom. The fourth-order valence-electron chi connectivity index (χ4n) is 3.74. The highest BCUT2D eigenvalue weighted by Gasteiger charge is 2.33.